The zero-order valence-corrected chi connectivity index (χ0v) is 21.7. The molecule has 3 aromatic rings. The molecular weight excluding hydrogens is 537 g/mol. The molecule has 2 aliphatic rings. The van der Waals surface area contributed by atoms with E-state index in [1.54, 1.807) is 24.3 Å². The van der Waals surface area contributed by atoms with Crippen LogP contribution in [0.15, 0.2) is 36.9 Å². The van der Waals surface area contributed by atoms with Gasteiger partial charge in [-0.15, -0.1) is 0 Å². The quantitative estimate of drug-likeness (QED) is 0.329. The Morgan fingerprint density at radius 3 is 2.51 bits per heavy atom. The molecule has 1 N–H and O–H groups in total. The molecule has 1 fully saturated rings. The van der Waals surface area contributed by atoms with Crippen LogP contribution in [0.1, 0.15) is 37.4 Å². The first-order valence-electron chi connectivity index (χ1n) is 11.6. The highest BCUT2D eigenvalue weighted by atomic mass is 31.2. The van der Waals surface area contributed by atoms with Crippen LogP contribution in [0.25, 0.3) is 11.2 Å². The first kappa shape index (κ1) is 26.4. The summed E-state index contributed by atoms with van der Waals surface area (Å²) < 4.78 is 35.3. The average molecular weight is 559 g/mol. The van der Waals surface area contributed by atoms with Crippen LogP contribution < -0.4 is 9.84 Å². The van der Waals surface area contributed by atoms with Gasteiger partial charge in [0, 0.05) is 20.8 Å². The summed E-state index contributed by atoms with van der Waals surface area (Å²) in [6, 6.07) is 6.54. The Hall–Kier alpha value is -4.20. The largest absolute Gasteiger partial charge is 0.465 e. The van der Waals surface area contributed by atoms with E-state index in [1.807, 2.05) is 0 Å². The van der Waals surface area contributed by atoms with Crippen molar-refractivity contribution in [1.29, 1.82) is 0 Å². The molecule has 2 aliphatic heterocycles. The van der Waals surface area contributed by atoms with E-state index in [9.17, 15) is 19.2 Å². The van der Waals surface area contributed by atoms with Gasteiger partial charge in [0.1, 0.15) is 23.7 Å². The number of esters is 2. The van der Waals surface area contributed by atoms with Crippen molar-refractivity contribution in [2.75, 3.05) is 11.9 Å². The maximum atomic E-state index is 12.3. The van der Waals surface area contributed by atoms with E-state index in [1.165, 1.54) is 38.0 Å². The van der Waals surface area contributed by atoms with E-state index in [0.717, 1.165) is 0 Å². The van der Waals surface area contributed by atoms with Gasteiger partial charge in [-0.3, -0.25) is 23.5 Å². The van der Waals surface area contributed by atoms with Crippen molar-refractivity contribution in [2.24, 2.45) is 0 Å². The number of amides is 1. The van der Waals surface area contributed by atoms with E-state index in [0.29, 0.717) is 5.75 Å². The number of carbonyl (C=O) groups is 4. The summed E-state index contributed by atoms with van der Waals surface area (Å²) in [5.74, 6) is -1.81. The molecule has 15 nitrogen and oxygen atoms in total. The molecule has 4 heterocycles. The second kappa shape index (κ2) is 10.9. The van der Waals surface area contributed by atoms with Gasteiger partial charge >= 0.3 is 26.5 Å². The summed E-state index contributed by atoms with van der Waals surface area (Å²) in [6.07, 6.45) is -1.72. The fraction of sp³-hybridized carbons (Fsp3) is 0.348. The molecule has 2 aromatic heterocycles. The molecule has 5 atom stereocenters. The molecule has 1 unspecified atom stereocenters. The number of aromatic nitrogens is 4. The molecule has 0 spiro atoms. The molecule has 39 heavy (non-hydrogen) atoms. The highest BCUT2D eigenvalue weighted by Crippen LogP contribution is 2.48. The summed E-state index contributed by atoms with van der Waals surface area (Å²) in [5, 5.41) is 2.57. The molecule has 1 aromatic carbocycles. The van der Waals surface area contributed by atoms with Crippen LogP contribution in [0.4, 0.5) is 5.82 Å². The summed E-state index contributed by atoms with van der Waals surface area (Å²) >= 11 is 0. The summed E-state index contributed by atoms with van der Waals surface area (Å²) in [4.78, 5) is 60.5. The van der Waals surface area contributed by atoms with E-state index < -0.39 is 51.1 Å². The van der Waals surface area contributed by atoms with Crippen molar-refractivity contribution in [3.63, 3.8) is 0 Å². The normalized spacial score (nSPS) is 23.9. The Balaban J connectivity index is 1.42. The van der Waals surface area contributed by atoms with Crippen molar-refractivity contribution < 1.29 is 47.0 Å². The second-order valence-corrected chi connectivity index (χ2v) is 9.50. The molecule has 0 saturated carbocycles. The fourth-order valence-corrected chi connectivity index (χ4v) is 5.10. The number of anilines is 1. The number of para-hydroxylation sites is 1. The number of nitrogens with zero attached hydrogens (tertiary/aromatic N) is 4. The molecule has 0 radical (unpaired) electrons. The minimum absolute atomic E-state index is 0.170. The van der Waals surface area contributed by atoms with Crippen molar-refractivity contribution >= 4 is 49.4 Å². The van der Waals surface area contributed by atoms with Crippen molar-refractivity contribution in [3.8, 4) is 5.75 Å². The van der Waals surface area contributed by atoms with E-state index in [2.05, 4.69) is 20.3 Å². The number of fused-ring (bicyclic) bond motifs is 2. The number of hydrogen-bond acceptors (Lipinski definition) is 13. The first-order valence-corrected chi connectivity index (χ1v) is 12.7. The molecule has 0 aliphatic carbocycles. The van der Waals surface area contributed by atoms with Gasteiger partial charge in [-0.05, 0) is 12.1 Å². The number of hydrogen-bond donors (Lipinski definition) is 1. The zero-order chi connectivity index (χ0) is 27.7. The molecular formula is C23H22N5O10P. The maximum Gasteiger partial charge on any atom is 0.465 e. The monoisotopic (exact) mass is 559 g/mol. The highest BCUT2D eigenvalue weighted by Gasteiger charge is 2.51. The predicted molar refractivity (Wildman–Crippen MR) is 130 cm³/mol. The lowest BCUT2D eigenvalue weighted by molar-refractivity contribution is -0.165. The van der Waals surface area contributed by atoms with E-state index in [-0.39, 0.29) is 35.1 Å². The van der Waals surface area contributed by atoms with Crippen molar-refractivity contribution in [3.05, 3.63) is 42.5 Å². The standard InChI is InChI=1S/C23H22N5O10P/c1-11(29)27-20-17-21(25-9-24-20)28(10-26-17)22-19(35-13(3)31)18(34-12(2)30)16(36-22)8-33-39-37-15-7-5-4-6-14(15)23(32)38-39/h4-7,9-10,16,18-19,22H,8H2,1-3H3,(H,24,25,27,29)/t16-,18-,19-,22-,39?/m1/s1. The van der Waals surface area contributed by atoms with Gasteiger partial charge in [0.2, 0.25) is 5.91 Å². The summed E-state index contributed by atoms with van der Waals surface area (Å²) in [5.41, 5.74) is 0.771. The molecule has 0 bridgehead atoms. The third kappa shape index (κ3) is 5.50. The van der Waals surface area contributed by atoms with Crippen LogP contribution in [0.2, 0.25) is 0 Å². The summed E-state index contributed by atoms with van der Waals surface area (Å²) in [7, 11) is -2.14. The lowest BCUT2D eigenvalue weighted by atomic mass is 10.1. The second-order valence-electron chi connectivity index (χ2n) is 8.43. The Morgan fingerprint density at radius 2 is 1.77 bits per heavy atom. The SMILES string of the molecule is CC(=O)Nc1ncnc2c1ncn2[C@@H]1O[C@H](COP2OC(=O)c3ccccc3O2)[C@@H](OC(C)=O)[C@H]1OC(C)=O. The highest BCUT2D eigenvalue weighted by molar-refractivity contribution is 7.43. The zero-order valence-electron chi connectivity index (χ0n) is 20.8. The smallest absolute Gasteiger partial charge is 0.456 e. The van der Waals surface area contributed by atoms with E-state index in [4.69, 9.17) is 27.8 Å². The lowest BCUT2D eigenvalue weighted by Crippen LogP contribution is -2.40. The number of ether oxygens (including phenoxy) is 3. The lowest BCUT2D eigenvalue weighted by Gasteiger charge is -2.25. The number of nitrogens with one attached hydrogen (secondary N) is 1. The van der Waals surface area contributed by atoms with Crippen LogP contribution in [-0.2, 0) is 37.6 Å². The van der Waals surface area contributed by atoms with Crippen LogP contribution in [-0.4, -0.2) is 68.3 Å². The van der Waals surface area contributed by atoms with Gasteiger partial charge in [0.25, 0.3) is 0 Å². The maximum absolute atomic E-state index is 12.3. The average Bonchev–Trinajstić information content (AvgIpc) is 3.44. The van der Waals surface area contributed by atoms with Gasteiger partial charge in [-0.25, -0.2) is 19.7 Å². The number of rotatable bonds is 7. The van der Waals surface area contributed by atoms with Gasteiger partial charge in [-0.2, -0.15) is 0 Å². The third-order valence-corrected chi connectivity index (χ3v) is 6.62. The Bertz CT molecular complexity index is 1450. The Morgan fingerprint density at radius 1 is 1.03 bits per heavy atom. The van der Waals surface area contributed by atoms with Crippen molar-refractivity contribution in [1.82, 2.24) is 19.5 Å². The molecule has 204 valence electrons. The van der Waals surface area contributed by atoms with Crippen LogP contribution >= 0.6 is 8.60 Å². The minimum Gasteiger partial charge on any atom is -0.456 e. The molecule has 16 heteroatoms. The Labute approximate surface area is 221 Å². The van der Waals surface area contributed by atoms with Crippen molar-refractivity contribution in [2.45, 2.75) is 45.3 Å². The van der Waals surface area contributed by atoms with Crippen LogP contribution in [0.3, 0.4) is 0 Å². The van der Waals surface area contributed by atoms with Gasteiger partial charge < -0.3 is 28.6 Å². The van der Waals surface area contributed by atoms with Gasteiger partial charge in [0.15, 0.2) is 35.4 Å². The van der Waals surface area contributed by atoms with E-state index >= 15 is 0 Å². The fourth-order valence-electron chi connectivity index (χ4n) is 4.13. The minimum atomic E-state index is -2.14. The van der Waals surface area contributed by atoms with Gasteiger partial charge in [-0.1, -0.05) is 12.1 Å². The number of benzene rings is 1. The Kier molecular flexibility index (Phi) is 7.37. The topological polar surface area (TPSA) is 179 Å². The van der Waals surface area contributed by atoms with Crippen LogP contribution in [0, 0.1) is 0 Å². The summed E-state index contributed by atoms with van der Waals surface area (Å²) in [6.45, 7) is 3.46. The van der Waals surface area contributed by atoms with Gasteiger partial charge in [0.05, 0.1) is 12.9 Å². The number of imidazole rings is 1. The molecule has 5 rings (SSSR count). The molecule has 1 amide bonds. The number of carbonyl (C=O) groups excluding carboxylic acids is 4. The third-order valence-electron chi connectivity index (χ3n) is 5.60. The predicted octanol–water partition coefficient (Wildman–Crippen LogP) is 2.04. The van der Waals surface area contributed by atoms with Crippen LogP contribution in [0.5, 0.6) is 5.75 Å². The molecule has 1 saturated heterocycles. The first-order chi connectivity index (χ1) is 18.7.